The number of aliphatic hydroxyl groups is 6. The molecule has 19 N–H and O–H groups in total. The summed E-state index contributed by atoms with van der Waals surface area (Å²) in [6.07, 6.45) is -35.9. The smallest absolute Gasteiger partial charge is 0.387 e. The maximum Gasteiger partial charge on any atom is 0.694 e. The number of imidazole rings is 2. The molecule has 105 heavy (non-hydrogen) atoms. The van der Waals surface area contributed by atoms with Crippen molar-refractivity contribution in [2.24, 2.45) is 0 Å². The molecule has 0 aliphatic carbocycles. The number of nitrogens with two attached hydrogens (primary N) is 2. The number of hydrogen-bond donors (Lipinski definition) is 17. The second kappa shape index (κ2) is 30.3. The van der Waals surface area contributed by atoms with Gasteiger partial charge in [-0.3, -0.25) is 98.1 Å². The van der Waals surface area contributed by atoms with Crippen LogP contribution < -0.4 is 50.8 Å². The van der Waals surface area contributed by atoms with E-state index in [4.69, 9.17) is 75.9 Å². The molecule has 25 atom stereocenters. The Morgan fingerprint density at radius 3 is 1.18 bits per heavy atom. The highest BCUT2D eigenvalue weighted by molar-refractivity contribution is 7.48. The summed E-state index contributed by atoms with van der Waals surface area (Å²) in [6.45, 7) is -6.26. The Balaban J connectivity index is 0.760. The van der Waals surface area contributed by atoms with Crippen LogP contribution in [0, 0.1) is 0 Å². The van der Waals surface area contributed by atoms with E-state index in [1.807, 2.05) is 15.0 Å². The molecule has 5 aliphatic rings. The van der Waals surface area contributed by atoms with Gasteiger partial charge in [-0.1, -0.05) is 0 Å². The average molecular weight is 1590 g/mol. The van der Waals surface area contributed by atoms with Gasteiger partial charge in [0.25, 0.3) is 22.2 Å². The number of aliphatic hydroxyl groups excluding tert-OH is 6. The lowest BCUT2D eigenvalue weighted by molar-refractivity contribution is -0.0657. The Morgan fingerprint density at radius 2 is 0.790 bits per heavy atom. The van der Waals surface area contributed by atoms with Crippen LogP contribution in [0.3, 0.4) is 0 Å². The second-order valence-electron chi connectivity index (χ2n) is 23.1. The van der Waals surface area contributed by atoms with Crippen molar-refractivity contribution < 1.29 is 142 Å². The Morgan fingerprint density at radius 1 is 0.448 bits per heavy atom. The third-order valence-electron chi connectivity index (χ3n) is 16.3. The summed E-state index contributed by atoms with van der Waals surface area (Å²) < 4.78 is 146. The van der Waals surface area contributed by atoms with E-state index in [9.17, 15) is 111 Å². The number of phosphoric acid groups is 4. The van der Waals surface area contributed by atoms with Crippen LogP contribution in [0.4, 0.5) is 11.8 Å². The number of rotatable bonds is 28. The lowest BCUT2D eigenvalue weighted by atomic mass is 10.1. The molecule has 7 aromatic rings. The highest BCUT2D eigenvalue weighted by Gasteiger charge is 2.57. The molecular weight excluding hydrogens is 1540 g/mol. The molecule has 0 amide bonds. The summed E-state index contributed by atoms with van der Waals surface area (Å²) in [5.74, 6) is -0.613. The van der Waals surface area contributed by atoms with Crippen molar-refractivity contribution in [2.75, 3.05) is 44.5 Å². The van der Waals surface area contributed by atoms with E-state index in [0.717, 1.165) is 64.9 Å². The summed E-state index contributed by atoms with van der Waals surface area (Å²) in [6, 6.07) is 2.39. The molecule has 0 radical (unpaired) electrons. The van der Waals surface area contributed by atoms with Gasteiger partial charge in [-0.05, 0) is 0 Å². The Kier molecular flexibility index (Phi) is 22.3. The van der Waals surface area contributed by atoms with Crippen molar-refractivity contribution in [3.05, 3.63) is 129 Å². The van der Waals surface area contributed by atoms with Crippen molar-refractivity contribution in [1.82, 2.24) is 67.7 Å². The highest BCUT2D eigenvalue weighted by atomic mass is 31.2. The van der Waals surface area contributed by atoms with E-state index in [0.29, 0.717) is 13.7 Å². The number of anilines is 2. The van der Waals surface area contributed by atoms with Gasteiger partial charge in [-0.25, -0.2) is 52.6 Å². The van der Waals surface area contributed by atoms with Gasteiger partial charge in [0.1, 0.15) is 110 Å². The first kappa shape index (κ1) is 77.2. The van der Waals surface area contributed by atoms with Gasteiger partial charge in [-0.2, -0.15) is 4.98 Å². The van der Waals surface area contributed by atoms with E-state index in [2.05, 4.69) is 29.9 Å². The second-order valence-corrected chi connectivity index (χ2v) is 29.4. The number of H-pyrrole nitrogens is 4. The molecule has 58 heteroatoms. The summed E-state index contributed by atoms with van der Waals surface area (Å²) in [4.78, 5) is 169. The van der Waals surface area contributed by atoms with Crippen LogP contribution in [-0.2, 0) is 87.2 Å². The molecule has 0 aromatic carbocycles. The molecule has 53 nitrogen and oxygen atoms in total. The first-order chi connectivity index (χ1) is 49.5. The number of aromatic nitrogens is 14. The van der Waals surface area contributed by atoms with Crippen LogP contribution in [0.25, 0.3) is 22.3 Å². The molecule has 7 aromatic heterocycles. The fourth-order valence-corrected chi connectivity index (χ4v) is 15.7. The molecule has 5 aliphatic heterocycles. The molecule has 0 saturated carbocycles. The lowest BCUT2D eigenvalue weighted by Crippen LogP contribution is -2.40. The number of phosphoric ester groups is 4. The van der Waals surface area contributed by atoms with Crippen LogP contribution in [0.5, 0.6) is 0 Å². The van der Waals surface area contributed by atoms with Gasteiger partial charge in [0, 0.05) is 41.4 Å². The zero-order valence-electron chi connectivity index (χ0n) is 52.2. The third kappa shape index (κ3) is 16.5. The number of nitrogens with one attached hydrogen (secondary N) is 4. The van der Waals surface area contributed by atoms with Gasteiger partial charge in [0.05, 0.1) is 39.1 Å². The van der Waals surface area contributed by atoms with Crippen molar-refractivity contribution >= 4 is 73.6 Å². The Hall–Kier alpha value is -7.44. The predicted octanol–water partition coefficient (Wildman–Crippen LogP) is -7.90. The van der Waals surface area contributed by atoms with Crippen molar-refractivity contribution in [3.63, 3.8) is 0 Å². The quantitative estimate of drug-likeness (QED) is 0.0203. The Labute approximate surface area is 577 Å². The number of nitrogens with zero attached hydrogens (tertiary/aromatic N) is 10. The van der Waals surface area contributed by atoms with Gasteiger partial charge >= 0.3 is 56.6 Å². The molecule has 5 saturated heterocycles. The van der Waals surface area contributed by atoms with Crippen LogP contribution in [0.2, 0.25) is 0 Å². The average Bonchev–Trinajstić information content (AvgIpc) is 1.62. The largest absolute Gasteiger partial charge is 0.694 e. The minimum atomic E-state index is -5.96. The fraction of sp³-hybridized carbons (Fsp3) is 0.532. The van der Waals surface area contributed by atoms with E-state index < -0.39 is 241 Å². The first-order valence-corrected chi connectivity index (χ1v) is 36.9. The third-order valence-corrected chi connectivity index (χ3v) is 20.6. The van der Waals surface area contributed by atoms with Gasteiger partial charge < -0.3 is 85.4 Å². The summed E-state index contributed by atoms with van der Waals surface area (Å²) in [5.41, 5.74) is 3.46. The molecular formula is C47H58N16O37P5+. The SMILES string of the molecule is Nc1nc2c(ncn2[C@@H]2O[C@H](CO[P+](=O)O)[C@@H](OP(=O)(O)OC[C@H]3O[C@@H](n4ccc(=O)[nH]c4=O)[C@H](O)[C@@H]3OP(=O)(O)OC[C@H]3O[C@@H](n4ccc(=O)[nH]c4=O)[C@H](O)[C@@H]3OP(=O)(O)OC[C@H]3O[C@@H](n4cnc5c(N)ncnc54)[C@H](O)[C@@H]3OP(=O)(O)OC[C@H]3O[C@@H](n4ccc(=O)[nH]c4=O)[C@H](O)[C@@H]3O)[C@H]2O)c(=O)[nH]1. The number of aromatic amines is 4. The van der Waals surface area contributed by atoms with Crippen molar-refractivity contribution in [1.29, 1.82) is 0 Å². The van der Waals surface area contributed by atoms with Gasteiger partial charge in [0.2, 0.25) is 5.95 Å². The molecule has 0 bridgehead atoms. The van der Waals surface area contributed by atoms with E-state index >= 15 is 0 Å². The van der Waals surface area contributed by atoms with Gasteiger partial charge in [0.15, 0.2) is 53.8 Å². The predicted molar refractivity (Wildman–Crippen MR) is 330 cm³/mol. The number of ether oxygens (including phenoxy) is 5. The highest BCUT2D eigenvalue weighted by Crippen LogP contribution is 2.55. The van der Waals surface area contributed by atoms with E-state index in [-0.39, 0.29) is 28.1 Å². The molecule has 12 heterocycles. The molecule has 12 rings (SSSR count). The zero-order chi connectivity index (χ0) is 75.7. The van der Waals surface area contributed by atoms with Gasteiger partial charge in [-0.15, -0.1) is 9.42 Å². The number of hydrogen-bond acceptors (Lipinski definition) is 39. The lowest BCUT2D eigenvalue weighted by Gasteiger charge is -2.27. The van der Waals surface area contributed by atoms with Crippen LogP contribution in [0.15, 0.2) is 89.3 Å². The molecule has 572 valence electrons. The van der Waals surface area contributed by atoms with Crippen LogP contribution in [0.1, 0.15) is 31.1 Å². The van der Waals surface area contributed by atoms with Crippen LogP contribution in [-0.4, -0.2) is 247 Å². The van der Waals surface area contributed by atoms with Crippen molar-refractivity contribution in [2.45, 2.75) is 123 Å². The van der Waals surface area contributed by atoms with Crippen LogP contribution >= 0.6 is 39.5 Å². The maximum absolute atomic E-state index is 14.2. The molecule has 0 spiro atoms. The summed E-state index contributed by atoms with van der Waals surface area (Å²) in [5, 5.41) is 68.2. The molecule has 5 fully saturated rings. The molecule has 5 unspecified atom stereocenters. The zero-order valence-corrected chi connectivity index (χ0v) is 56.6. The fourth-order valence-electron chi connectivity index (χ4n) is 11.6. The number of fused-ring (bicyclic) bond motifs is 2. The Bertz CT molecular complexity index is 5070. The van der Waals surface area contributed by atoms with E-state index in [1.54, 1.807) is 0 Å². The maximum atomic E-state index is 14.2. The topological polar surface area (TPSA) is 761 Å². The summed E-state index contributed by atoms with van der Waals surface area (Å²) >= 11 is 0. The monoisotopic (exact) mass is 1590 g/mol. The standard InChI is InChI=1S/C47H57N16O37P5/c48-35-23-36(51-12-50-35)62(13-52-23)42-30(72)34(100-102(79,80)88-8-15-25(67)26(68)39(92-15)59-4-1-20(64)54-45(59)74)19(96-42)11-91-105(85,86)99-33-18(95-41(28(33)70)61-6-3-22(66)56-47(61)76)10-90-104(83,84)98-32-17(94-40(27(32)69)60-5-2-21(65)55-46(60)75)9-89-103(81,82)97-31-16(7-87-101(77)78)93-43(29(31)71)63-14-53-24-37(63)57-44(49)58-38(24)73/h1-6,12-19,25-34,39-43,67-72H,7-11H2,(H12-,48,49,50,51,54,55,56,57,58,64,65,66,73,74,75,76,77,78,79,80,81,82,83,84,85,86)/p+1/t15-,16-,17-,18-,19-,25-,26-,27-,28-,29-,30-,31-,32-,33-,34-,39-,40-,41-,42-,43-/m1/s1. The minimum Gasteiger partial charge on any atom is -0.387 e. The normalized spacial score (nSPS) is 32.4. The first-order valence-electron chi connectivity index (χ1n) is 29.8. The number of nitrogen functional groups attached to an aromatic ring is 2. The minimum absolute atomic E-state index is 0.0686. The van der Waals surface area contributed by atoms with Crippen molar-refractivity contribution in [3.8, 4) is 0 Å². The summed E-state index contributed by atoms with van der Waals surface area (Å²) in [7, 11) is -26.7. The van der Waals surface area contributed by atoms with E-state index in [1.165, 1.54) is 0 Å².